The van der Waals surface area contributed by atoms with Crippen molar-refractivity contribution in [3.8, 4) is 0 Å². The van der Waals surface area contributed by atoms with Gasteiger partial charge in [0.15, 0.2) is 5.84 Å². The molecule has 0 radical (unpaired) electrons. The number of rotatable bonds is 2. The molecule has 0 spiro atoms. The lowest BCUT2D eigenvalue weighted by Gasteiger charge is -2.32. The van der Waals surface area contributed by atoms with Crippen LogP contribution < -0.4 is 5.73 Å². The molecule has 2 aliphatic rings. The van der Waals surface area contributed by atoms with E-state index in [4.69, 9.17) is 10.9 Å². The van der Waals surface area contributed by atoms with Crippen molar-refractivity contribution in [3.05, 3.63) is 0 Å². The topological polar surface area (TPSA) is 78.9 Å². The van der Waals surface area contributed by atoms with Crippen LogP contribution in [0.5, 0.6) is 0 Å². The van der Waals surface area contributed by atoms with Crippen LogP contribution in [-0.2, 0) is 4.79 Å². The average molecular weight is 267 g/mol. The third kappa shape index (κ3) is 2.69. The van der Waals surface area contributed by atoms with E-state index in [-0.39, 0.29) is 11.7 Å². The number of nitrogens with zero attached hydrogens (tertiary/aromatic N) is 2. The van der Waals surface area contributed by atoms with E-state index in [0.717, 1.165) is 38.8 Å². The minimum absolute atomic E-state index is 0.0781. The van der Waals surface area contributed by atoms with Crippen molar-refractivity contribution in [1.82, 2.24) is 4.90 Å². The maximum Gasteiger partial charge on any atom is 0.236 e. The van der Waals surface area contributed by atoms with E-state index in [0.29, 0.717) is 18.8 Å². The number of carbonyl (C=O) groups excluding carboxylic acids is 1. The zero-order valence-electron chi connectivity index (χ0n) is 11.8. The third-order valence-electron chi connectivity index (χ3n) is 4.77. The molecule has 1 saturated heterocycles. The van der Waals surface area contributed by atoms with Crippen molar-refractivity contribution >= 4 is 11.7 Å². The molecule has 1 saturated carbocycles. The van der Waals surface area contributed by atoms with Crippen LogP contribution in [-0.4, -0.2) is 34.9 Å². The molecule has 1 aliphatic carbocycles. The molecule has 0 bridgehead atoms. The highest BCUT2D eigenvalue weighted by Crippen LogP contribution is 2.40. The van der Waals surface area contributed by atoms with Gasteiger partial charge in [0.1, 0.15) is 5.41 Å². The van der Waals surface area contributed by atoms with Gasteiger partial charge in [-0.1, -0.05) is 24.9 Å². The molecule has 19 heavy (non-hydrogen) atoms. The summed E-state index contributed by atoms with van der Waals surface area (Å²) in [4.78, 5) is 14.8. The molecular weight excluding hydrogens is 242 g/mol. The fraction of sp³-hybridized carbons (Fsp3) is 0.857. The Kier molecular flexibility index (Phi) is 4.32. The summed E-state index contributed by atoms with van der Waals surface area (Å²) in [5.41, 5.74) is 5.11. The zero-order chi connectivity index (χ0) is 13.9. The fourth-order valence-corrected chi connectivity index (χ4v) is 3.42. The Morgan fingerprint density at radius 3 is 2.58 bits per heavy atom. The van der Waals surface area contributed by atoms with Gasteiger partial charge in [0, 0.05) is 13.1 Å². The van der Waals surface area contributed by atoms with Crippen molar-refractivity contribution in [2.45, 2.75) is 51.9 Å². The Morgan fingerprint density at radius 2 is 1.95 bits per heavy atom. The Hall–Kier alpha value is -1.26. The van der Waals surface area contributed by atoms with Crippen LogP contribution >= 0.6 is 0 Å². The van der Waals surface area contributed by atoms with Crippen molar-refractivity contribution in [2.75, 3.05) is 13.1 Å². The summed E-state index contributed by atoms with van der Waals surface area (Å²) in [6, 6.07) is 0. The second-order valence-electron chi connectivity index (χ2n) is 6.10. The highest BCUT2D eigenvalue weighted by Gasteiger charge is 2.47. The van der Waals surface area contributed by atoms with Gasteiger partial charge < -0.3 is 15.8 Å². The summed E-state index contributed by atoms with van der Waals surface area (Å²) in [5, 5.41) is 12.1. The molecule has 3 N–H and O–H groups in total. The molecule has 0 aromatic carbocycles. The minimum Gasteiger partial charge on any atom is -0.409 e. The van der Waals surface area contributed by atoms with Gasteiger partial charge in [-0.05, 0) is 38.0 Å². The molecular formula is C14H25N3O2. The van der Waals surface area contributed by atoms with Crippen molar-refractivity contribution in [3.63, 3.8) is 0 Å². The van der Waals surface area contributed by atoms with E-state index in [2.05, 4.69) is 12.1 Å². The number of oxime groups is 1. The molecule has 5 heteroatoms. The van der Waals surface area contributed by atoms with E-state index >= 15 is 0 Å². The fourth-order valence-electron chi connectivity index (χ4n) is 3.42. The smallest absolute Gasteiger partial charge is 0.236 e. The van der Waals surface area contributed by atoms with Crippen molar-refractivity contribution in [1.29, 1.82) is 0 Å². The molecule has 2 fully saturated rings. The summed E-state index contributed by atoms with van der Waals surface area (Å²) in [7, 11) is 0. The van der Waals surface area contributed by atoms with Crippen LogP contribution in [0.15, 0.2) is 5.16 Å². The SMILES string of the molecule is CC1CCCN(C(=O)C2(C(N)=NO)CCCC2)CC1. The minimum atomic E-state index is -0.734. The monoisotopic (exact) mass is 267 g/mol. The Morgan fingerprint density at radius 1 is 1.26 bits per heavy atom. The maximum atomic E-state index is 12.8. The highest BCUT2D eigenvalue weighted by atomic mass is 16.4. The van der Waals surface area contributed by atoms with Gasteiger partial charge in [-0.15, -0.1) is 0 Å². The summed E-state index contributed by atoms with van der Waals surface area (Å²) in [6.45, 7) is 3.85. The second kappa shape index (κ2) is 5.80. The Bertz CT molecular complexity index is 362. The number of amidine groups is 1. The molecule has 2 rings (SSSR count). The number of likely N-dealkylation sites (tertiary alicyclic amines) is 1. The lowest BCUT2D eigenvalue weighted by molar-refractivity contribution is -0.138. The van der Waals surface area contributed by atoms with Gasteiger partial charge in [-0.25, -0.2) is 0 Å². The molecule has 5 nitrogen and oxygen atoms in total. The number of amides is 1. The molecule has 0 aromatic rings. The van der Waals surface area contributed by atoms with Gasteiger partial charge in [-0.3, -0.25) is 4.79 Å². The molecule has 108 valence electrons. The Balaban J connectivity index is 2.16. The first-order valence-corrected chi connectivity index (χ1v) is 7.37. The van der Waals surface area contributed by atoms with Gasteiger partial charge in [0.25, 0.3) is 0 Å². The van der Waals surface area contributed by atoms with Crippen LogP contribution in [0.4, 0.5) is 0 Å². The first-order chi connectivity index (χ1) is 9.10. The van der Waals surface area contributed by atoms with Crippen LogP contribution in [0.1, 0.15) is 51.9 Å². The number of carbonyl (C=O) groups is 1. The first kappa shape index (κ1) is 14.2. The summed E-state index contributed by atoms with van der Waals surface area (Å²) in [6.07, 6.45) is 6.68. The second-order valence-corrected chi connectivity index (χ2v) is 6.10. The first-order valence-electron chi connectivity index (χ1n) is 7.37. The highest BCUT2D eigenvalue weighted by molar-refractivity contribution is 6.07. The number of hydrogen-bond donors (Lipinski definition) is 2. The van der Waals surface area contributed by atoms with Crippen LogP contribution in [0, 0.1) is 11.3 Å². The standard InChI is InChI=1S/C14H25N3O2/c1-11-5-4-9-17(10-6-11)13(18)14(12(15)16-19)7-2-3-8-14/h11,19H,2-10H2,1H3,(H2,15,16). The normalized spacial score (nSPS) is 28.2. The van der Waals surface area contributed by atoms with E-state index in [1.807, 2.05) is 4.90 Å². The van der Waals surface area contributed by atoms with Gasteiger partial charge in [-0.2, -0.15) is 0 Å². The quantitative estimate of drug-likeness (QED) is 0.347. The number of nitrogens with two attached hydrogens (primary N) is 1. The van der Waals surface area contributed by atoms with Crippen LogP contribution in [0.25, 0.3) is 0 Å². The Labute approximate surface area is 114 Å². The molecule has 1 atom stereocenters. The third-order valence-corrected chi connectivity index (χ3v) is 4.77. The largest absolute Gasteiger partial charge is 0.409 e. The summed E-state index contributed by atoms with van der Waals surface area (Å²) in [5.74, 6) is 0.864. The van der Waals surface area contributed by atoms with E-state index in [1.54, 1.807) is 0 Å². The molecule has 1 aliphatic heterocycles. The van der Waals surface area contributed by atoms with Gasteiger partial charge in [0.2, 0.25) is 5.91 Å². The average Bonchev–Trinajstić information content (AvgIpc) is 2.82. The molecule has 1 amide bonds. The summed E-state index contributed by atoms with van der Waals surface area (Å²) < 4.78 is 0. The zero-order valence-corrected chi connectivity index (χ0v) is 11.8. The number of hydrogen-bond acceptors (Lipinski definition) is 3. The van der Waals surface area contributed by atoms with Crippen molar-refractivity contribution < 1.29 is 10.0 Å². The predicted octanol–water partition coefficient (Wildman–Crippen LogP) is 1.94. The molecule has 1 heterocycles. The van der Waals surface area contributed by atoms with Gasteiger partial charge >= 0.3 is 0 Å². The molecule has 1 unspecified atom stereocenters. The van der Waals surface area contributed by atoms with E-state index in [1.165, 1.54) is 6.42 Å². The van der Waals surface area contributed by atoms with Gasteiger partial charge in [0.05, 0.1) is 0 Å². The lowest BCUT2D eigenvalue weighted by Crippen LogP contribution is -2.50. The van der Waals surface area contributed by atoms with Crippen LogP contribution in [0.2, 0.25) is 0 Å². The van der Waals surface area contributed by atoms with E-state index in [9.17, 15) is 4.79 Å². The maximum absolute atomic E-state index is 12.8. The molecule has 0 aromatic heterocycles. The van der Waals surface area contributed by atoms with E-state index < -0.39 is 5.41 Å². The van der Waals surface area contributed by atoms with Crippen LogP contribution in [0.3, 0.4) is 0 Å². The predicted molar refractivity (Wildman–Crippen MR) is 73.9 cm³/mol. The van der Waals surface area contributed by atoms with Crippen molar-refractivity contribution in [2.24, 2.45) is 22.2 Å². The summed E-state index contributed by atoms with van der Waals surface area (Å²) >= 11 is 0. The lowest BCUT2D eigenvalue weighted by atomic mass is 9.83.